The lowest BCUT2D eigenvalue weighted by Crippen LogP contribution is -1.98. The standard InChI is InChI=1S/C69H56N2/c1-9-12-29-65(46(4)5)68(70-49(8)51-22-14-13-15-23-51)55-35-31-54(32-36-55)62-42-61(47(6)39-59-28-20-21-30-66(59)48(7)56-37-33-52-24-16-18-26-57(52)40-56)43-63(44-62)67-45-50(10-2)64(11-3)69(71-67)60-38-34-53-25-17-19-27-58(53)41-60/h9-45H,1-4,7H2,5-6,8H3/b29-12-,47-39+,68-65-,70-49?. The number of allylic oxidation sites excluding steroid dienone is 6. The Labute approximate surface area is 419 Å². The first-order chi connectivity index (χ1) is 34.6. The number of pyridine rings is 1. The number of aliphatic imine (C=N–C) groups is 1. The summed E-state index contributed by atoms with van der Waals surface area (Å²) in [4.78, 5) is 10.7. The third-order valence-electron chi connectivity index (χ3n) is 13.1. The van der Waals surface area contributed by atoms with Crippen LogP contribution in [-0.2, 0) is 0 Å². The van der Waals surface area contributed by atoms with Gasteiger partial charge in [0.05, 0.1) is 17.1 Å². The van der Waals surface area contributed by atoms with Gasteiger partial charge in [0, 0.05) is 33.5 Å². The predicted molar refractivity (Wildman–Crippen MR) is 310 cm³/mol. The fourth-order valence-corrected chi connectivity index (χ4v) is 9.18. The van der Waals surface area contributed by atoms with E-state index in [1.807, 2.05) is 49.4 Å². The van der Waals surface area contributed by atoms with E-state index in [4.69, 9.17) is 9.98 Å². The molecule has 2 nitrogen and oxygen atoms in total. The van der Waals surface area contributed by atoms with E-state index in [1.54, 1.807) is 6.08 Å². The third kappa shape index (κ3) is 10.2. The third-order valence-corrected chi connectivity index (χ3v) is 13.1. The molecule has 0 bridgehead atoms. The zero-order valence-electron chi connectivity index (χ0n) is 40.8. The molecule has 9 aromatic rings. The summed E-state index contributed by atoms with van der Waals surface area (Å²) in [5, 5.41) is 4.72. The Balaban J connectivity index is 1.20. The molecule has 0 amide bonds. The van der Waals surface area contributed by atoms with Gasteiger partial charge in [-0.25, -0.2) is 4.98 Å². The maximum absolute atomic E-state index is 5.47. The van der Waals surface area contributed by atoms with Crippen LogP contribution in [0.3, 0.4) is 0 Å². The molecule has 0 aliphatic rings. The Kier molecular flexibility index (Phi) is 14.0. The fraction of sp³-hybridized carbons (Fsp3) is 0.0435. The first kappa shape index (κ1) is 47.1. The van der Waals surface area contributed by atoms with Crippen LogP contribution in [0.2, 0.25) is 0 Å². The topological polar surface area (TPSA) is 25.2 Å². The zero-order chi connectivity index (χ0) is 49.4. The second-order valence-electron chi connectivity index (χ2n) is 17.9. The monoisotopic (exact) mass is 912 g/mol. The fourth-order valence-electron chi connectivity index (χ4n) is 9.18. The number of rotatable bonds is 15. The second-order valence-corrected chi connectivity index (χ2v) is 17.9. The molecule has 342 valence electrons. The van der Waals surface area contributed by atoms with Crippen molar-refractivity contribution in [3.8, 4) is 33.6 Å². The van der Waals surface area contributed by atoms with E-state index in [1.165, 1.54) is 16.2 Å². The average molecular weight is 913 g/mol. The summed E-state index contributed by atoms with van der Waals surface area (Å²) in [5.41, 5.74) is 19.7. The molecule has 0 atom stereocenters. The minimum Gasteiger partial charge on any atom is -0.252 e. The molecule has 1 aromatic heterocycles. The van der Waals surface area contributed by atoms with Crippen molar-refractivity contribution in [3.05, 3.63) is 295 Å². The smallest absolute Gasteiger partial charge is 0.0787 e. The lowest BCUT2D eigenvalue weighted by Gasteiger charge is -2.16. The highest BCUT2D eigenvalue weighted by molar-refractivity contribution is 6.02. The van der Waals surface area contributed by atoms with Crippen LogP contribution in [0.25, 0.3) is 90.3 Å². The van der Waals surface area contributed by atoms with Crippen molar-refractivity contribution in [3.63, 3.8) is 0 Å². The van der Waals surface area contributed by atoms with Gasteiger partial charge in [-0.05, 0) is 140 Å². The molecule has 9 rings (SSSR count). The van der Waals surface area contributed by atoms with Crippen LogP contribution in [0.5, 0.6) is 0 Å². The van der Waals surface area contributed by atoms with Crippen molar-refractivity contribution < 1.29 is 0 Å². The molecule has 0 spiro atoms. The lowest BCUT2D eigenvalue weighted by atomic mass is 9.90. The SMILES string of the molecule is C=C/C=C\C(C(=C)C)=C(\N=C(C)c1ccccc1)c1ccc(-c2cc(/C(C)=C/c3ccccc3C(=C)c3ccc4ccccc4c3)cc(-c3cc(C=C)c(C=C)c(-c4ccc5ccccc5c4)n3)c2)cc1. The molecule has 0 unspecified atom stereocenters. The summed E-state index contributed by atoms with van der Waals surface area (Å²) < 4.78 is 0. The Morgan fingerprint density at radius 1 is 0.493 bits per heavy atom. The largest absolute Gasteiger partial charge is 0.252 e. The van der Waals surface area contributed by atoms with Crippen molar-refractivity contribution in [2.75, 3.05) is 0 Å². The van der Waals surface area contributed by atoms with Crippen LogP contribution in [0.15, 0.2) is 255 Å². The van der Waals surface area contributed by atoms with Crippen LogP contribution in [0.1, 0.15) is 65.3 Å². The number of aromatic nitrogens is 1. The van der Waals surface area contributed by atoms with Gasteiger partial charge in [-0.2, -0.15) is 0 Å². The normalized spacial score (nSPS) is 12.2. The van der Waals surface area contributed by atoms with Crippen LogP contribution in [0.4, 0.5) is 0 Å². The highest BCUT2D eigenvalue weighted by Crippen LogP contribution is 2.38. The minimum absolute atomic E-state index is 0.835. The van der Waals surface area contributed by atoms with E-state index < -0.39 is 0 Å². The van der Waals surface area contributed by atoms with Crippen molar-refractivity contribution in [1.29, 1.82) is 0 Å². The van der Waals surface area contributed by atoms with Crippen molar-refractivity contribution >= 4 is 62.3 Å². The van der Waals surface area contributed by atoms with Gasteiger partial charge in [-0.1, -0.05) is 221 Å². The summed E-state index contributed by atoms with van der Waals surface area (Å²) in [5.74, 6) is 0. The van der Waals surface area contributed by atoms with E-state index in [-0.39, 0.29) is 0 Å². The number of nitrogens with zero attached hydrogens (tertiary/aromatic N) is 2. The van der Waals surface area contributed by atoms with E-state index >= 15 is 0 Å². The Morgan fingerprint density at radius 3 is 1.80 bits per heavy atom. The van der Waals surface area contributed by atoms with Gasteiger partial charge in [-0.15, -0.1) is 0 Å². The molecular formula is C69H56N2. The number of hydrogen-bond donors (Lipinski definition) is 0. The Hall–Kier alpha value is -8.98. The van der Waals surface area contributed by atoms with Crippen molar-refractivity contribution in [1.82, 2.24) is 4.98 Å². The van der Waals surface area contributed by atoms with Gasteiger partial charge in [-0.3, -0.25) is 4.99 Å². The molecule has 0 radical (unpaired) electrons. The molecule has 0 N–H and O–H groups in total. The summed E-state index contributed by atoms with van der Waals surface area (Å²) in [6.45, 7) is 27.7. The second kappa shape index (κ2) is 21.1. The van der Waals surface area contributed by atoms with Crippen molar-refractivity contribution in [2.45, 2.75) is 20.8 Å². The van der Waals surface area contributed by atoms with Crippen LogP contribution in [0, 0.1) is 0 Å². The van der Waals surface area contributed by atoms with Gasteiger partial charge >= 0.3 is 0 Å². The minimum atomic E-state index is 0.835. The van der Waals surface area contributed by atoms with Crippen LogP contribution < -0.4 is 0 Å². The van der Waals surface area contributed by atoms with Crippen LogP contribution in [-0.4, -0.2) is 10.7 Å². The molecule has 8 aromatic carbocycles. The molecule has 2 heteroatoms. The summed E-state index contributed by atoms with van der Waals surface area (Å²) in [6, 6.07) is 66.3. The first-order valence-corrected chi connectivity index (χ1v) is 23.9. The van der Waals surface area contributed by atoms with Gasteiger partial charge in [0.2, 0.25) is 0 Å². The highest BCUT2D eigenvalue weighted by Gasteiger charge is 2.17. The van der Waals surface area contributed by atoms with Gasteiger partial charge < -0.3 is 0 Å². The molecule has 1 heterocycles. The van der Waals surface area contributed by atoms with Crippen LogP contribution >= 0.6 is 0 Å². The van der Waals surface area contributed by atoms with Gasteiger partial charge in [0.15, 0.2) is 0 Å². The summed E-state index contributed by atoms with van der Waals surface area (Å²) >= 11 is 0. The van der Waals surface area contributed by atoms with E-state index in [2.05, 4.69) is 223 Å². The van der Waals surface area contributed by atoms with E-state index in [0.29, 0.717) is 0 Å². The molecule has 0 saturated heterocycles. The molecule has 0 fully saturated rings. The zero-order valence-corrected chi connectivity index (χ0v) is 40.8. The lowest BCUT2D eigenvalue weighted by molar-refractivity contribution is 1.30. The quantitative estimate of drug-likeness (QED) is 0.0571. The Bertz CT molecular complexity index is 3680. The Morgan fingerprint density at radius 2 is 1.11 bits per heavy atom. The van der Waals surface area contributed by atoms with Gasteiger partial charge in [0.25, 0.3) is 0 Å². The predicted octanol–water partition coefficient (Wildman–Crippen LogP) is 18.8. The molecule has 0 aliphatic heterocycles. The number of benzene rings is 8. The molecule has 0 aliphatic carbocycles. The van der Waals surface area contributed by atoms with Gasteiger partial charge in [0.1, 0.15) is 0 Å². The first-order valence-electron chi connectivity index (χ1n) is 23.9. The number of fused-ring (bicyclic) bond motifs is 2. The molecular weight excluding hydrogens is 857 g/mol. The highest BCUT2D eigenvalue weighted by atomic mass is 14.8. The maximum atomic E-state index is 5.47. The summed E-state index contributed by atoms with van der Waals surface area (Å²) in [7, 11) is 0. The van der Waals surface area contributed by atoms with E-state index in [9.17, 15) is 0 Å². The maximum Gasteiger partial charge on any atom is 0.0787 e. The van der Waals surface area contributed by atoms with E-state index in [0.717, 1.165) is 117 Å². The number of hydrogen-bond acceptors (Lipinski definition) is 2. The van der Waals surface area contributed by atoms with Crippen molar-refractivity contribution in [2.24, 2.45) is 4.99 Å². The average Bonchev–Trinajstić information content (AvgIpc) is 3.42. The summed E-state index contributed by atoms with van der Waals surface area (Å²) in [6.07, 6.45) is 11.8. The molecule has 71 heavy (non-hydrogen) atoms. The molecule has 0 saturated carbocycles.